The minimum Gasteiger partial charge on any atom is -0.381 e. The summed E-state index contributed by atoms with van der Waals surface area (Å²) in [5.74, 6) is 0.123. The van der Waals surface area contributed by atoms with Crippen molar-refractivity contribution in [3.63, 3.8) is 0 Å². The molecule has 0 radical (unpaired) electrons. The third-order valence-electron chi connectivity index (χ3n) is 5.00. The van der Waals surface area contributed by atoms with Gasteiger partial charge in [0.15, 0.2) is 0 Å². The van der Waals surface area contributed by atoms with Crippen LogP contribution in [0, 0.1) is 5.41 Å². The molecule has 0 bridgehead atoms. The first-order valence-corrected chi connectivity index (χ1v) is 7.89. The summed E-state index contributed by atoms with van der Waals surface area (Å²) in [6.07, 6.45) is 4.45. The molecule has 1 aliphatic heterocycles. The number of halogens is 1. The minimum atomic E-state index is -0.421. The van der Waals surface area contributed by atoms with E-state index in [0.717, 1.165) is 32.1 Å². The van der Waals surface area contributed by atoms with E-state index in [9.17, 15) is 4.79 Å². The van der Waals surface area contributed by atoms with Crippen LogP contribution in [-0.4, -0.2) is 31.7 Å². The first-order valence-electron chi connectivity index (χ1n) is 7.89. The lowest BCUT2D eigenvalue weighted by molar-refractivity contribution is -0.136. The average Bonchev–Trinajstić information content (AvgIpc) is 2.55. The summed E-state index contributed by atoms with van der Waals surface area (Å²) >= 11 is 0. The summed E-state index contributed by atoms with van der Waals surface area (Å²) in [4.78, 5) is 12.7. The van der Waals surface area contributed by atoms with Gasteiger partial charge in [0.1, 0.15) is 0 Å². The third-order valence-corrected chi connectivity index (χ3v) is 5.00. The lowest BCUT2D eigenvalue weighted by Gasteiger charge is -2.36. The Bertz CT molecular complexity index is 515. The normalized spacial score (nSPS) is 23.0. The maximum Gasteiger partial charge on any atom is 0.227 e. The molecular formula is C17H25ClN2O2. The smallest absolute Gasteiger partial charge is 0.227 e. The molecule has 1 fully saturated rings. The van der Waals surface area contributed by atoms with Gasteiger partial charge in [-0.2, -0.15) is 0 Å². The van der Waals surface area contributed by atoms with Crippen LogP contribution in [0.1, 0.15) is 30.4 Å². The largest absolute Gasteiger partial charge is 0.381 e. The summed E-state index contributed by atoms with van der Waals surface area (Å²) in [6, 6.07) is 8.75. The molecule has 2 aliphatic rings. The van der Waals surface area contributed by atoms with Crippen LogP contribution < -0.4 is 11.1 Å². The average molecular weight is 325 g/mol. The maximum absolute atomic E-state index is 12.7. The van der Waals surface area contributed by atoms with E-state index >= 15 is 0 Å². The van der Waals surface area contributed by atoms with Gasteiger partial charge in [-0.15, -0.1) is 12.4 Å². The van der Waals surface area contributed by atoms with Crippen molar-refractivity contribution in [2.24, 2.45) is 11.1 Å². The van der Waals surface area contributed by atoms with Crippen LogP contribution >= 0.6 is 12.4 Å². The molecule has 3 rings (SSSR count). The van der Waals surface area contributed by atoms with Gasteiger partial charge in [0.05, 0.1) is 5.41 Å². The second kappa shape index (κ2) is 7.44. The van der Waals surface area contributed by atoms with E-state index in [2.05, 4.69) is 29.6 Å². The third kappa shape index (κ3) is 3.45. The van der Waals surface area contributed by atoms with Crippen molar-refractivity contribution in [2.75, 3.05) is 19.8 Å². The van der Waals surface area contributed by atoms with Crippen molar-refractivity contribution in [2.45, 2.75) is 38.1 Å². The Balaban J connectivity index is 0.00000176. The van der Waals surface area contributed by atoms with Gasteiger partial charge < -0.3 is 15.8 Å². The number of nitrogens with two attached hydrogens (primary N) is 1. The molecule has 0 spiro atoms. The lowest BCUT2D eigenvalue weighted by Crippen LogP contribution is -2.52. The molecule has 1 aliphatic carbocycles. The second-order valence-corrected chi connectivity index (χ2v) is 6.28. The van der Waals surface area contributed by atoms with Crippen molar-refractivity contribution in [1.82, 2.24) is 5.32 Å². The number of fused-ring (bicyclic) bond motifs is 1. The van der Waals surface area contributed by atoms with Crippen molar-refractivity contribution in [3.05, 3.63) is 35.4 Å². The highest BCUT2D eigenvalue weighted by Gasteiger charge is 2.39. The molecule has 1 aromatic rings. The van der Waals surface area contributed by atoms with Crippen LogP contribution in [0.3, 0.4) is 0 Å². The monoisotopic (exact) mass is 324 g/mol. The number of benzene rings is 1. The summed E-state index contributed by atoms with van der Waals surface area (Å²) in [6.45, 7) is 1.68. The zero-order chi connectivity index (χ0) is 14.7. The van der Waals surface area contributed by atoms with Gasteiger partial charge in [-0.3, -0.25) is 4.79 Å². The standard InChI is InChI=1S/C17H24N2O2.ClH/c18-12-17(7-9-21-10-8-17)16(20)19-15-6-5-13-3-1-2-4-14(13)11-15;/h1-4,15H,5-12,18H2,(H,19,20);1H. The summed E-state index contributed by atoms with van der Waals surface area (Å²) in [5.41, 5.74) is 8.27. The molecule has 0 saturated carbocycles. The fourth-order valence-corrected chi connectivity index (χ4v) is 3.45. The van der Waals surface area contributed by atoms with Crippen molar-refractivity contribution in [1.29, 1.82) is 0 Å². The Morgan fingerprint density at radius 2 is 1.95 bits per heavy atom. The molecule has 22 heavy (non-hydrogen) atoms. The van der Waals surface area contributed by atoms with E-state index in [1.54, 1.807) is 0 Å². The number of rotatable bonds is 3. The van der Waals surface area contributed by atoms with E-state index in [4.69, 9.17) is 10.5 Å². The Hall–Kier alpha value is -1.10. The number of carbonyl (C=O) groups is 1. The molecule has 1 unspecified atom stereocenters. The molecule has 1 atom stereocenters. The highest BCUT2D eigenvalue weighted by atomic mass is 35.5. The summed E-state index contributed by atoms with van der Waals surface area (Å²) < 4.78 is 5.38. The van der Waals surface area contributed by atoms with Gasteiger partial charge in [0.25, 0.3) is 0 Å². The first-order chi connectivity index (χ1) is 10.2. The highest BCUT2D eigenvalue weighted by molar-refractivity contribution is 5.85. The Morgan fingerprint density at radius 3 is 2.64 bits per heavy atom. The van der Waals surface area contributed by atoms with Gasteiger partial charge in [0.2, 0.25) is 5.91 Å². The quantitative estimate of drug-likeness (QED) is 0.891. The fourth-order valence-electron chi connectivity index (χ4n) is 3.45. The van der Waals surface area contributed by atoms with E-state index in [1.165, 1.54) is 11.1 Å². The van der Waals surface area contributed by atoms with E-state index in [0.29, 0.717) is 19.8 Å². The molecular weight excluding hydrogens is 300 g/mol. The van der Waals surface area contributed by atoms with Crippen LogP contribution in [0.25, 0.3) is 0 Å². The Kier molecular flexibility index (Phi) is 5.84. The van der Waals surface area contributed by atoms with Crippen LogP contribution in [-0.2, 0) is 22.4 Å². The molecule has 3 N–H and O–H groups in total. The van der Waals surface area contributed by atoms with Crippen molar-refractivity contribution >= 4 is 18.3 Å². The number of hydrogen-bond donors (Lipinski definition) is 2. The predicted octanol–water partition coefficient (Wildman–Crippen LogP) is 1.84. The lowest BCUT2D eigenvalue weighted by atomic mass is 9.78. The molecule has 1 amide bonds. The van der Waals surface area contributed by atoms with E-state index in [1.807, 2.05) is 0 Å². The van der Waals surface area contributed by atoms with Crippen LogP contribution in [0.15, 0.2) is 24.3 Å². The minimum absolute atomic E-state index is 0. The number of ether oxygens (including phenoxy) is 1. The number of amides is 1. The topological polar surface area (TPSA) is 64.4 Å². The van der Waals surface area contributed by atoms with E-state index in [-0.39, 0.29) is 24.4 Å². The maximum atomic E-state index is 12.7. The zero-order valence-electron chi connectivity index (χ0n) is 12.8. The first kappa shape index (κ1) is 17.3. The second-order valence-electron chi connectivity index (χ2n) is 6.28. The Morgan fingerprint density at radius 1 is 1.27 bits per heavy atom. The molecule has 4 nitrogen and oxygen atoms in total. The molecule has 1 aromatic carbocycles. The zero-order valence-corrected chi connectivity index (χ0v) is 13.7. The predicted molar refractivity (Wildman–Crippen MR) is 89.2 cm³/mol. The summed E-state index contributed by atoms with van der Waals surface area (Å²) in [7, 11) is 0. The van der Waals surface area contributed by atoms with Crippen LogP contribution in [0.2, 0.25) is 0 Å². The van der Waals surface area contributed by atoms with Gasteiger partial charge in [0, 0.05) is 25.8 Å². The number of carbonyl (C=O) groups excluding carboxylic acids is 1. The summed E-state index contributed by atoms with van der Waals surface area (Å²) in [5, 5.41) is 3.25. The SMILES string of the molecule is Cl.NCC1(C(=O)NC2CCc3ccccc3C2)CCOCC1. The molecule has 0 aromatic heterocycles. The highest BCUT2D eigenvalue weighted by Crippen LogP contribution is 2.30. The van der Waals surface area contributed by atoms with Gasteiger partial charge >= 0.3 is 0 Å². The van der Waals surface area contributed by atoms with Gasteiger partial charge in [-0.25, -0.2) is 0 Å². The fraction of sp³-hybridized carbons (Fsp3) is 0.588. The van der Waals surface area contributed by atoms with Crippen LogP contribution in [0.5, 0.6) is 0 Å². The number of hydrogen-bond acceptors (Lipinski definition) is 3. The van der Waals surface area contributed by atoms with Gasteiger partial charge in [-0.05, 0) is 43.2 Å². The van der Waals surface area contributed by atoms with Crippen LogP contribution in [0.4, 0.5) is 0 Å². The molecule has 122 valence electrons. The molecule has 1 saturated heterocycles. The van der Waals surface area contributed by atoms with Crippen molar-refractivity contribution in [3.8, 4) is 0 Å². The Labute approximate surface area is 138 Å². The van der Waals surface area contributed by atoms with E-state index < -0.39 is 5.41 Å². The van der Waals surface area contributed by atoms with Gasteiger partial charge in [-0.1, -0.05) is 24.3 Å². The number of nitrogens with one attached hydrogen (secondary N) is 1. The van der Waals surface area contributed by atoms with Crippen molar-refractivity contribution < 1.29 is 9.53 Å². The molecule has 5 heteroatoms. The molecule has 1 heterocycles. The number of aryl methyl sites for hydroxylation is 1.